The molecule has 3 N–H and O–H groups in total. The smallest absolute Gasteiger partial charge is 0.266 e. The number of pyridine rings is 1. The van der Waals surface area contributed by atoms with Crippen molar-refractivity contribution < 1.29 is 18.7 Å². The first-order valence-corrected chi connectivity index (χ1v) is 11.3. The first-order valence-electron chi connectivity index (χ1n) is 10.5. The van der Waals surface area contributed by atoms with Crippen LogP contribution < -0.4 is 16.5 Å². The van der Waals surface area contributed by atoms with Crippen molar-refractivity contribution in [3.8, 4) is 11.1 Å². The van der Waals surface area contributed by atoms with Gasteiger partial charge in [-0.3, -0.25) is 14.4 Å². The largest absolute Gasteiger partial charge is 0.381 e. The first-order chi connectivity index (χ1) is 16.3. The lowest BCUT2D eigenvalue weighted by Crippen LogP contribution is -2.32. The quantitative estimate of drug-likeness (QED) is 0.504. The van der Waals surface area contributed by atoms with Gasteiger partial charge < -0.3 is 20.4 Å². The maximum Gasteiger partial charge on any atom is 0.266 e. The summed E-state index contributed by atoms with van der Waals surface area (Å²) in [5, 5.41) is 10.2. The van der Waals surface area contributed by atoms with Crippen molar-refractivity contribution in [2.75, 3.05) is 18.5 Å². The van der Waals surface area contributed by atoms with Gasteiger partial charge in [0.25, 0.3) is 11.8 Å². The number of carbonyl (C=O) groups excluding carboxylic acids is 2. The van der Waals surface area contributed by atoms with Gasteiger partial charge in [-0.2, -0.15) is 0 Å². The molecule has 0 saturated carbocycles. The second kappa shape index (κ2) is 10.2. The number of hydrogen-bond donors (Lipinski definition) is 2. The minimum atomic E-state index is -0.825. The molecule has 3 heterocycles. The van der Waals surface area contributed by atoms with Crippen molar-refractivity contribution in [3.63, 3.8) is 0 Å². The van der Waals surface area contributed by atoms with Crippen molar-refractivity contribution in [2.24, 2.45) is 11.7 Å². The number of nitrogens with two attached hydrogens (primary N) is 1. The third kappa shape index (κ3) is 5.20. The number of ether oxygens (including phenoxy) is 1. The molecular weight excluding hydrogens is 509 g/mol. The van der Waals surface area contributed by atoms with Crippen LogP contribution >= 0.6 is 15.9 Å². The highest BCUT2D eigenvalue weighted by molar-refractivity contribution is 9.10. The summed E-state index contributed by atoms with van der Waals surface area (Å²) in [6.45, 7) is 1.52. The van der Waals surface area contributed by atoms with Crippen LogP contribution in [-0.4, -0.2) is 39.8 Å². The van der Waals surface area contributed by atoms with Crippen LogP contribution in [0.25, 0.3) is 11.1 Å². The monoisotopic (exact) mass is 529 g/mol. The van der Waals surface area contributed by atoms with Crippen LogP contribution in [-0.2, 0) is 11.3 Å². The van der Waals surface area contributed by atoms with E-state index in [1.54, 1.807) is 10.6 Å². The number of nitrogens with one attached hydrogen (secondary N) is 1. The van der Waals surface area contributed by atoms with Gasteiger partial charge in [-0.15, -0.1) is 10.2 Å². The Morgan fingerprint density at radius 2 is 1.85 bits per heavy atom. The summed E-state index contributed by atoms with van der Waals surface area (Å²) in [4.78, 5) is 39.1. The summed E-state index contributed by atoms with van der Waals surface area (Å²) in [7, 11) is 0. The lowest BCUT2D eigenvalue weighted by molar-refractivity contribution is 0.0608. The van der Waals surface area contributed by atoms with E-state index in [1.165, 1.54) is 36.5 Å². The Kier molecular flexibility index (Phi) is 7.13. The summed E-state index contributed by atoms with van der Waals surface area (Å²) < 4.78 is 21.0. The summed E-state index contributed by atoms with van der Waals surface area (Å²) in [6, 6.07) is 8.21. The lowest BCUT2D eigenvalue weighted by atomic mass is 9.97. The van der Waals surface area contributed by atoms with Gasteiger partial charge in [0.2, 0.25) is 5.43 Å². The Labute approximate surface area is 202 Å². The predicted molar refractivity (Wildman–Crippen MR) is 126 cm³/mol. The van der Waals surface area contributed by atoms with E-state index >= 15 is 0 Å². The molecule has 2 aromatic heterocycles. The molecule has 0 atom stereocenters. The molecule has 1 aliphatic rings. The van der Waals surface area contributed by atoms with Gasteiger partial charge in [-0.1, -0.05) is 12.1 Å². The number of benzene rings is 1. The average Bonchev–Trinajstić information content (AvgIpc) is 2.82. The Bertz CT molecular complexity index is 1270. The molecule has 0 unspecified atom stereocenters. The van der Waals surface area contributed by atoms with Gasteiger partial charge in [0, 0.05) is 26.0 Å². The third-order valence-corrected chi connectivity index (χ3v) is 5.98. The zero-order chi connectivity index (χ0) is 24.2. The number of carbonyl (C=O) groups is 2. The number of rotatable bonds is 6. The summed E-state index contributed by atoms with van der Waals surface area (Å²) in [5.41, 5.74) is 4.97. The van der Waals surface area contributed by atoms with E-state index in [9.17, 15) is 18.8 Å². The molecule has 0 spiro atoms. The molecule has 1 saturated heterocycles. The first kappa shape index (κ1) is 23.7. The minimum Gasteiger partial charge on any atom is -0.381 e. The van der Waals surface area contributed by atoms with Gasteiger partial charge in [0.05, 0.1) is 5.56 Å². The van der Waals surface area contributed by atoms with Crippen molar-refractivity contribution in [1.82, 2.24) is 14.8 Å². The number of primary amides is 1. The number of aromatic nitrogens is 3. The van der Waals surface area contributed by atoms with Gasteiger partial charge >= 0.3 is 0 Å². The second-order valence-corrected chi connectivity index (χ2v) is 8.68. The van der Waals surface area contributed by atoms with E-state index in [0.717, 1.165) is 12.8 Å². The molecule has 1 aliphatic heterocycles. The number of amides is 2. The molecule has 0 aliphatic carbocycles. The maximum absolute atomic E-state index is 13.6. The molecule has 34 heavy (non-hydrogen) atoms. The highest BCUT2D eigenvalue weighted by atomic mass is 79.9. The number of nitrogens with zero attached hydrogens (tertiary/aromatic N) is 3. The van der Waals surface area contributed by atoms with Crippen molar-refractivity contribution in [1.29, 1.82) is 0 Å². The molecular formula is C23H21BrFN5O4. The maximum atomic E-state index is 13.6. The van der Waals surface area contributed by atoms with Crippen LogP contribution in [0.5, 0.6) is 0 Å². The number of hydrogen-bond acceptors (Lipinski definition) is 6. The van der Waals surface area contributed by atoms with E-state index in [4.69, 9.17) is 10.5 Å². The summed E-state index contributed by atoms with van der Waals surface area (Å²) in [6.07, 6.45) is 2.85. The fourth-order valence-electron chi connectivity index (χ4n) is 3.89. The number of anilines is 1. The van der Waals surface area contributed by atoms with Crippen molar-refractivity contribution in [2.45, 2.75) is 19.4 Å². The van der Waals surface area contributed by atoms with Gasteiger partial charge in [0.1, 0.15) is 21.7 Å². The van der Waals surface area contributed by atoms with Crippen molar-refractivity contribution >= 4 is 33.6 Å². The molecule has 9 nitrogen and oxygen atoms in total. The Morgan fingerprint density at radius 3 is 2.47 bits per heavy atom. The minimum absolute atomic E-state index is 0.0388. The van der Waals surface area contributed by atoms with E-state index in [2.05, 4.69) is 31.4 Å². The molecule has 1 aromatic carbocycles. The van der Waals surface area contributed by atoms with E-state index in [1.807, 2.05) is 0 Å². The predicted octanol–water partition coefficient (Wildman–Crippen LogP) is 2.98. The molecule has 3 aromatic rings. The normalized spacial score (nSPS) is 14.1. The molecule has 1 fully saturated rings. The van der Waals surface area contributed by atoms with Crippen LogP contribution in [0.1, 0.15) is 33.7 Å². The fraction of sp³-hybridized carbons (Fsp3) is 0.261. The van der Waals surface area contributed by atoms with E-state index in [0.29, 0.717) is 24.4 Å². The standard InChI is InChI=1S/C23H21BrFN5O4/c24-17-5-6-18(29-28-17)27-23(33)16-12-30(11-13-7-9-34-10-8-13)20(22(26)32)19(21(16)31)14-1-3-15(25)4-2-14/h1-6,12-13H,7-11H2,(H2,26,32)(H,27,29,33). The molecule has 11 heteroatoms. The van der Waals surface area contributed by atoms with Crippen LogP contribution in [0.2, 0.25) is 0 Å². The van der Waals surface area contributed by atoms with Crippen molar-refractivity contribution in [3.05, 3.63) is 74.5 Å². The Balaban J connectivity index is 1.85. The zero-order valence-electron chi connectivity index (χ0n) is 18.0. The van der Waals surface area contributed by atoms with Gasteiger partial charge in [-0.25, -0.2) is 4.39 Å². The Hall–Kier alpha value is -3.44. The third-order valence-electron chi connectivity index (χ3n) is 5.56. The molecule has 4 rings (SSSR count). The lowest BCUT2D eigenvalue weighted by Gasteiger charge is -2.25. The van der Waals surface area contributed by atoms with Crippen LogP contribution in [0.15, 0.2) is 52.0 Å². The van der Waals surface area contributed by atoms with Gasteiger partial charge in [-0.05, 0) is 64.5 Å². The van der Waals surface area contributed by atoms with Crippen LogP contribution in [0, 0.1) is 11.7 Å². The molecule has 0 bridgehead atoms. The van der Waals surface area contributed by atoms with E-state index in [-0.39, 0.29) is 34.1 Å². The zero-order valence-corrected chi connectivity index (χ0v) is 19.5. The van der Waals surface area contributed by atoms with Crippen LogP contribution in [0.3, 0.4) is 0 Å². The highest BCUT2D eigenvalue weighted by Crippen LogP contribution is 2.25. The SMILES string of the molecule is NC(=O)c1c(-c2ccc(F)cc2)c(=O)c(C(=O)Nc2ccc(Br)nn2)cn1CC1CCOCC1. The molecule has 0 radical (unpaired) electrons. The fourth-order valence-corrected chi connectivity index (χ4v) is 4.10. The molecule has 2 amide bonds. The second-order valence-electron chi connectivity index (χ2n) is 7.87. The van der Waals surface area contributed by atoms with Crippen LogP contribution in [0.4, 0.5) is 10.2 Å². The Morgan fingerprint density at radius 1 is 1.15 bits per heavy atom. The summed E-state index contributed by atoms with van der Waals surface area (Å²) in [5.74, 6) is -1.75. The van der Waals surface area contributed by atoms with Gasteiger partial charge in [0.15, 0.2) is 5.82 Å². The average molecular weight is 530 g/mol. The topological polar surface area (TPSA) is 129 Å². The van der Waals surface area contributed by atoms with E-state index < -0.39 is 23.1 Å². The highest BCUT2D eigenvalue weighted by Gasteiger charge is 2.26. The summed E-state index contributed by atoms with van der Waals surface area (Å²) >= 11 is 3.17. The number of halogens is 2. The molecule has 176 valence electrons.